The molecule has 0 saturated carbocycles. The molecule has 1 unspecified atom stereocenters. The van der Waals surface area contributed by atoms with E-state index in [4.69, 9.17) is 0 Å². The Hall–Kier alpha value is -0.250. The molecule has 0 aromatic heterocycles. The average molecular weight is 310 g/mol. The van der Waals surface area contributed by atoms with E-state index in [2.05, 4.69) is 20.8 Å². The van der Waals surface area contributed by atoms with Crippen LogP contribution in [0.3, 0.4) is 0 Å². The van der Waals surface area contributed by atoms with Gasteiger partial charge in [0.15, 0.2) is 6.04 Å². The maximum absolute atomic E-state index is 13.7. The van der Waals surface area contributed by atoms with E-state index in [0.717, 1.165) is 38.5 Å². The second-order valence-corrected chi connectivity index (χ2v) is 6.30. The summed E-state index contributed by atoms with van der Waals surface area (Å²) in [5, 5.41) is 0. The first-order chi connectivity index (χ1) is 9.87. The molecule has 1 atom stereocenters. The van der Waals surface area contributed by atoms with Crippen molar-refractivity contribution in [3.05, 3.63) is 0 Å². The van der Waals surface area contributed by atoms with Crippen LogP contribution in [0.1, 0.15) is 79.1 Å². The van der Waals surface area contributed by atoms with Crippen LogP contribution in [0.4, 0.5) is 13.2 Å². The molecular weight excluding hydrogens is 275 g/mol. The Balaban J connectivity index is 5.40. The Morgan fingerprint density at radius 1 is 0.714 bits per heavy atom. The molecular formula is C17H35F3N+. The molecule has 0 aliphatic rings. The van der Waals surface area contributed by atoms with E-state index in [1.165, 1.54) is 0 Å². The zero-order valence-corrected chi connectivity index (χ0v) is 14.4. The quantitative estimate of drug-likeness (QED) is 0.392. The Kier molecular flexibility index (Phi) is 10.3. The summed E-state index contributed by atoms with van der Waals surface area (Å²) in [4.78, 5) is 0. The van der Waals surface area contributed by atoms with Gasteiger partial charge in [0.1, 0.15) is 0 Å². The van der Waals surface area contributed by atoms with E-state index < -0.39 is 12.2 Å². The van der Waals surface area contributed by atoms with Crippen molar-refractivity contribution in [1.29, 1.82) is 0 Å². The summed E-state index contributed by atoms with van der Waals surface area (Å²) in [6.45, 7) is 10.1. The maximum Gasteiger partial charge on any atom is 0.441 e. The molecule has 0 N–H and O–H groups in total. The highest BCUT2D eigenvalue weighted by atomic mass is 19.4. The van der Waals surface area contributed by atoms with Crippen molar-refractivity contribution in [2.45, 2.75) is 91.3 Å². The monoisotopic (exact) mass is 310 g/mol. The zero-order valence-electron chi connectivity index (χ0n) is 14.4. The Morgan fingerprint density at radius 2 is 1.10 bits per heavy atom. The van der Waals surface area contributed by atoms with Crippen LogP contribution in [0, 0.1) is 0 Å². The summed E-state index contributed by atoms with van der Waals surface area (Å²) in [6.07, 6.45) is 2.37. The number of unbranched alkanes of at least 4 members (excludes halogenated alkanes) is 3. The summed E-state index contributed by atoms with van der Waals surface area (Å²) in [5.41, 5.74) is 0. The molecule has 0 aliphatic heterocycles. The SMILES string of the molecule is CCCC[N+](CCCC)(CCCC)C(CCC)C(F)(F)F. The summed E-state index contributed by atoms with van der Waals surface area (Å²) in [6, 6.07) is -1.17. The minimum Gasteiger partial charge on any atom is -0.314 e. The van der Waals surface area contributed by atoms with Crippen molar-refractivity contribution in [2.75, 3.05) is 19.6 Å². The first kappa shape index (κ1) is 20.8. The summed E-state index contributed by atoms with van der Waals surface area (Å²) < 4.78 is 41.3. The van der Waals surface area contributed by atoms with Gasteiger partial charge in [-0.1, -0.05) is 53.4 Å². The number of hydrogen-bond acceptors (Lipinski definition) is 0. The number of rotatable bonds is 12. The van der Waals surface area contributed by atoms with Gasteiger partial charge in [-0.05, 0) is 19.3 Å². The Bertz CT molecular complexity index is 229. The van der Waals surface area contributed by atoms with E-state index in [-0.39, 0.29) is 10.9 Å². The minimum absolute atomic E-state index is 0.265. The number of hydrogen-bond donors (Lipinski definition) is 0. The molecule has 0 aromatic carbocycles. The molecule has 21 heavy (non-hydrogen) atoms. The Morgan fingerprint density at radius 3 is 1.33 bits per heavy atom. The highest BCUT2D eigenvalue weighted by Gasteiger charge is 2.52. The molecule has 1 nitrogen and oxygen atoms in total. The molecule has 0 aliphatic carbocycles. The lowest BCUT2D eigenvalue weighted by Crippen LogP contribution is -2.62. The van der Waals surface area contributed by atoms with Gasteiger partial charge >= 0.3 is 6.18 Å². The summed E-state index contributed by atoms with van der Waals surface area (Å²) in [7, 11) is 0. The van der Waals surface area contributed by atoms with Crippen LogP contribution in [0.5, 0.6) is 0 Å². The van der Waals surface area contributed by atoms with Crippen molar-refractivity contribution in [3.63, 3.8) is 0 Å². The molecule has 0 bridgehead atoms. The van der Waals surface area contributed by atoms with Crippen LogP contribution in [-0.2, 0) is 0 Å². The topological polar surface area (TPSA) is 0 Å². The second kappa shape index (κ2) is 10.5. The molecule has 0 rings (SSSR count). The van der Waals surface area contributed by atoms with E-state index in [1.54, 1.807) is 0 Å². The molecule has 0 fully saturated rings. The van der Waals surface area contributed by atoms with Gasteiger partial charge in [0.25, 0.3) is 0 Å². The van der Waals surface area contributed by atoms with Crippen molar-refractivity contribution in [2.24, 2.45) is 0 Å². The van der Waals surface area contributed by atoms with Gasteiger partial charge in [0, 0.05) is 6.42 Å². The fourth-order valence-electron chi connectivity index (χ4n) is 3.24. The van der Waals surface area contributed by atoms with E-state index in [9.17, 15) is 13.2 Å². The fraction of sp³-hybridized carbons (Fsp3) is 1.00. The van der Waals surface area contributed by atoms with Crippen LogP contribution in [0.15, 0.2) is 0 Å². The normalized spacial score (nSPS) is 14.4. The standard InChI is InChI=1S/C17H35F3N/c1-5-9-13-21(14-10-6-2,15-11-7-3)16(12-8-4)17(18,19)20/h16H,5-15H2,1-4H3/q+1. The Labute approximate surface area is 129 Å². The third-order valence-electron chi connectivity index (χ3n) is 4.47. The fourth-order valence-corrected chi connectivity index (χ4v) is 3.24. The first-order valence-corrected chi connectivity index (χ1v) is 8.80. The van der Waals surface area contributed by atoms with Crippen LogP contribution in [0.2, 0.25) is 0 Å². The molecule has 0 amide bonds. The zero-order chi connectivity index (χ0) is 16.4. The number of nitrogens with zero attached hydrogens (tertiary/aromatic N) is 1. The molecule has 0 heterocycles. The second-order valence-electron chi connectivity index (χ2n) is 6.30. The summed E-state index contributed by atoms with van der Waals surface area (Å²) >= 11 is 0. The maximum atomic E-state index is 13.7. The predicted octanol–water partition coefficient (Wildman–Crippen LogP) is 5.93. The third kappa shape index (κ3) is 7.03. The highest BCUT2D eigenvalue weighted by Crippen LogP contribution is 2.35. The lowest BCUT2D eigenvalue weighted by molar-refractivity contribution is -0.962. The number of quaternary nitrogens is 1. The van der Waals surface area contributed by atoms with Gasteiger partial charge in [-0.3, -0.25) is 0 Å². The van der Waals surface area contributed by atoms with Gasteiger partial charge in [0.05, 0.1) is 19.6 Å². The molecule has 4 heteroatoms. The van der Waals surface area contributed by atoms with Gasteiger partial charge in [-0.25, -0.2) is 0 Å². The van der Waals surface area contributed by atoms with Gasteiger partial charge in [0.2, 0.25) is 0 Å². The molecule has 0 spiro atoms. The predicted molar refractivity (Wildman–Crippen MR) is 84.3 cm³/mol. The first-order valence-electron chi connectivity index (χ1n) is 8.80. The third-order valence-corrected chi connectivity index (χ3v) is 4.47. The average Bonchev–Trinajstić information content (AvgIpc) is 2.44. The lowest BCUT2D eigenvalue weighted by atomic mass is 10.0. The molecule has 0 saturated heterocycles. The van der Waals surface area contributed by atoms with E-state index in [1.807, 2.05) is 6.92 Å². The molecule has 0 radical (unpaired) electrons. The van der Waals surface area contributed by atoms with Crippen molar-refractivity contribution in [3.8, 4) is 0 Å². The van der Waals surface area contributed by atoms with Gasteiger partial charge in [-0.15, -0.1) is 0 Å². The van der Waals surface area contributed by atoms with Crippen LogP contribution in [0.25, 0.3) is 0 Å². The van der Waals surface area contributed by atoms with Gasteiger partial charge in [-0.2, -0.15) is 13.2 Å². The largest absolute Gasteiger partial charge is 0.441 e. The number of alkyl halides is 3. The summed E-state index contributed by atoms with van der Waals surface area (Å²) in [5.74, 6) is 0. The lowest BCUT2D eigenvalue weighted by Gasteiger charge is -2.46. The van der Waals surface area contributed by atoms with Crippen molar-refractivity contribution < 1.29 is 17.7 Å². The van der Waals surface area contributed by atoms with E-state index >= 15 is 0 Å². The van der Waals surface area contributed by atoms with Crippen LogP contribution in [-0.4, -0.2) is 36.3 Å². The van der Waals surface area contributed by atoms with Crippen molar-refractivity contribution in [1.82, 2.24) is 0 Å². The van der Waals surface area contributed by atoms with Crippen molar-refractivity contribution >= 4 is 0 Å². The van der Waals surface area contributed by atoms with Gasteiger partial charge < -0.3 is 4.48 Å². The van der Waals surface area contributed by atoms with Crippen LogP contribution >= 0.6 is 0 Å². The smallest absolute Gasteiger partial charge is 0.314 e. The highest BCUT2D eigenvalue weighted by molar-refractivity contribution is 4.71. The van der Waals surface area contributed by atoms with E-state index in [0.29, 0.717) is 26.1 Å². The molecule has 128 valence electrons. The van der Waals surface area contributed by atoms with Crippen LogP contribution < -0.4 is 0 Å². The minimum atomic E-state index is -4.08. The molecule has 0 aromatic rings. The number of halogens is 3.